The van der Waals surface area contributed by atoms with Gasteiger partial charge in [0.05, 0.1) is 12.1 Å². The molecular weight excluding hydrogens is 730 g/mol. The number of thiophene rings is 1. The Kier molecular flexibility index (Phi) is 11.1. The molecule has 0 saturated carbocycles. The number of carbonyl (C=O) groups excluding carboxylic acids is 4. The van der Waals surface area contributed by atoms with Crippen LogP contribution in [0.15, 0.2) is 52.4 Å². The van der Waals surface area contributed by atoms with Gasteiger partial charge in [-0.1, -0.05) is 49.1 Å². The highest BCUT2D eigenvalue weighted by molar-refractivity contribution is 7.99. The minimum absolute atomic E-state index is 0.0685. The van der Waals surface area contributed by atoms with Gasteiger partial charge in [-0.05, 0) is 81.2 Å². The lowest BCUT2D eigenvalue weighted by molar-refractivity contribution is -0.137. The van der Waals surface area contributed by atoms with Crippen LogP contribution in [0.2, 0.25) is 5.02 Å². The van der Waals surface area contributed by atoms with E-state index in [9.17, 15) is 19.2 Å². The van der Waals surface area contributed by atoms with E-state index < -0.39 is 18.0 Å². The Balaban J connectivity index is 0.880. The van der Waals surface area contributed by atoms with E-state index in [0.717, 1.165) is 81.5 Å². The Morgan fingerprint density at radius 3 is 2.58 bits per heavy atom. The third-order valence-electron chi connectivity index (χ3n) is 10.2. The van der Waals surface area contributed by atoms with Crippen molar-refractivity contribution in [1.82, 2.24) is 30.3 Å². The molecule has 4 amide bonds. The van der Waals surface area contributed by atoms with Gasteiger partial charge in [0.1, 0.15) is 22.9 Å². The molecule has 0 radical (unpaired) electrons. The summed E-state index contributed by atoms with van der Waals surface area (Å²) in [6, 6.07) is 12.3. The number of benzene rings is 2. The highest BCUT2D eigenvalue weighted by atomic mass is 35.5. The number of hydrogen-bond acceptors (Lipinski definition) is 9. The molecule has 53 heavy (non-hydrogen) atoms. The maximum atomic E-state index is 13.3. The number of fused-ring (bicyclic) bond motifs is 4. The van der Waals surface area contributed by atoms with E-state index in [4.69, 9.17) is 16.6 Å². The van der Waals surface area contributed by atoms with Gasteiger partial charge in [0.15, 0.2) is 5.82 Å². The minimum Gasteiger partial charge on any atom is -0.356 e. The van der Waals surface area contributed by atoms with E-state index in [1.54, 1.807) is 28.0 Å². The van der Waals surface area contributed by atoms with Gasteiger partial charge in [0.2, 0.25) is 17.7 Å². The SMILES string of the molecule is Cc1sc2c(c1C)C(c1ccc(Cl)cc1)=N[C@@H](CC(=O)NCCCCCCCSc1cccc3c1CN(C1CCC(=O)NC1=O)C3=O)c1nnc(C)n1-2. The number of nitrogens with one attached hydrogen (secondary N) is 2. The van der Waals surface area contributed by atoms with Crippen molar-refractivity contribution in [3.05, 3.63) is 91.8 Å². The lowest BCUT2D eigenvalue weighted by Crippen LogP contribution is -2.52. The maximum Gasteiger partial charge on any atom is 0.255 e. The molecule has 14 heteroatoms. The van der Waals surface area contributed by atoms with Crippen molar-refractivity contribution < 1.29 is 19.2 Å². The number of carbonyl (C=O) groups is 4. The lowest BCUT2D eigenvalue weighted by Gasteiger charge is -2.29. The van der Waals surface area contributed by atoms with Crippen molar-refractivity contribution in [2.45, 2.75) is 95.7 Å². The Morgan fingerprint density at radius 2 is 1.79 bits per heavy atom. The first kappa shape index (κ1) is 37.0. The zero-order valence-corrected chi connectivity index (χ0v) is 32.4. The van der Waals surface area contributed by atoms with E-state index in [1.807, 2.05) is 49.4 Å². The van der Waals surface area contributed by atoms with Crippen LogP contribution in [0, 0.1) is 20.8 Å². The van der Waals surface area contributed by atoms with Crippen molar-refractivity contribution in [3.8, 4) is 5.00 Å². The zero-order chi connectivity index (χ0) is 37.2. The van der Waals surface area contributed by atoms with Crippen LogP contribution in [0.25, 0.3) is 5.00 Å². The second kappa shape index (κ2) is 16.0. The third kappa shape index (κ3) is 7.70. The van der Waals surface area contributed by atoms with Crippen molar-refractivity contribution in [3.63, 3.8) is 0 Å². The Bertz CT molecular complexity index is 2110. The Morgan fingerprint density at radius 1 is 1.02 bits per heavy atom. The van der Waals surface area contributed by atoms with E-state index >= 15 is 0 Å². The highest BCUT2D eigenvalue weighted by Crippen LogP contribution is 2.40. The molecule has 3 aliphatic heterocycles. The first-order valence-corrected chi connectivity index (χ1v) is 20.3. The van der Waals surface area contributed by atoms with Crippen LogP contribution in [0.3, 0.4) is 0 Å². The average Bonchev–Trinajstić information content (AvgIpc) is 3.75. The number of unbranched alkanes of at least 4 members (excludes halogenated alkanes) is 4. The fourth-order valence-electron chi connectivity index (χ4n) is 7.24. The lowest BCUT2D eigenvalue weighted by atomic mass is 9.99. The minimum atomic E-state index is -0.608. The summed E-state index contributed by atoms with van der Waals surface area (Å²) < 4.78 is 2.06. The molecule has 1 unspecified atom stereocenters. The van der Waals surface area contributed by atoms with Crippen LogP contribution in [0.4, 0.5) is 0 Å². The largest absolute Gasteiger partial charge is 0.356 e. The molecule has 11 nitrogen and oxygen atoms in total. The molecule has 2 atom stereocenters. The molecule has 4 aromatic rings. The summed E-state index contributed by atoms with van der Waals surface area (Å²) in [5.74, 6) is 1.47. The molecule has 2 aromatic heterocycles. The number of amides is 4. The summed E-state index contributed by atoms with van der Waals surface area (Å²) in [5, 5.41) is 16.0. The van der Waals surface area contributed by atoms with Gasteiger partial charge in [-0.15, -0.1) is 33.3 Å². The average molecular weight is 772 g/mol. The number of aromatic nitrogens is 3. The van der Waals surface area contributed by atoms with Crippen molar-refractivity contribution in [1.29, 1.82) is 0 Å². The van der Waals surface area contributed by atoms with Crippen LogP contribution in [0.1, 0.15) is 107 Å². The summed E-state index contributed by atoms with van der Waals surface area (Å²) >= 11 is 9.66. The molecule has 7 rings (SSSR count). The predicted molar refractivity (Wildman–Crippen MR) is 207 cm³/mol. The van der Waals surface area contributed by atoms with Gasteiger partial charge in [-0.3, -0.25) is 34.1 Å². The summed E-state index contributed by atoms with van der Waals surface area (Å²) in [7, 11) is 0. The standard InChI is InChI=1S/C39H42ClN7O4S2/c1-22-23(2)53-39-34(22)35(25-12-14-26(40)15-13-25)42-29(36-45-44-24(3)47(36)39)20-33(49)41-18-7-5-4-6-8-19-52-31-11-9-10-27-28(31)21-46(38(27)51)30-16-17-32(48)43-37(30)50/h9-15,29-30H,4-8,16-21H2,1-3H3,(H,41,49)(H,43,48,50)/t29-,30?/m0/s1. The second-order valence-electron chi connectivity index (χ2n) is 13.8. The number of halogens is 1. The van der Waals surface area contributed by atoms with E-state index in [1.165, 1.54) is 4.88 Å². The molecule has 0 bridgehead atoms. The van der Waals surface area contributed by atoms with E-state index in [2.05, 4.69) is 39.2 Å². The number of piperidine rings is 1. The molecule has 276 valence electrons. The van der Waals surface area contributed by atoms with Crippen molar-refractivity contribution >= 4 is 64.0 Å². The summed E-state index contributed by atoms with van der Waals surface area (Å²) in [5.41, 5.74) is 5.58. The number of hydrogen-bond donors (Lipinski definition) is 2. The highest BCUT2D eigenvalue weighted by Gasteiger charge is 2.40. The van der Waals surface area contributed by atoms with Gasteiger partial charge < -0.3 is 10.2 Å². The van der Waals surface area contributed by atoms with Crippen LogP contribution in [0.5, 0.6) is 0 Å². The maximum absolute atomic E-state index is 13.3. The summed E-state index contributed by atoms with van der Waals surface area (Å²) in [4.78, 5) is 59.5. The fourth-order valence-corrected chi connectivity index (χ4v) is 9.67. The number of aryl methyl sites for hydroxylation is 2. The summed E-state index contributed by atoms with van der Waals surface area (Å²) in [6.07, 6.45) is 5.83. The molecule has 2 N–H and O–H groups in total. The van der Waals surface area contributed by atoms with Crippen LogP contribution in [-0.2, 0) is 20.9 Å². The second-order valence-corrected chi connectivity index (χ2v) is 16.5. The number of aliphatic imine (C=N–C) groups is 1. The monoisotopic (exact) mass is 771 g/mol. The van der Waals surface area contributed by atoms with E-state index in [0.29, 0.717) is 35.9 Å². The molecule has 1 saturated heterocycles. The number of thioether (sulfide) groups is 1. The normalized spacial score (nSPS) is 17.9. The van der Waals surface area contributed by atoms with Crippen LogP contribution in [-0.4, -0.2) is 67.3 Å². The molecule has 5 heterocycles. The van der Waals surface area contributed by atoms with Gasteiger partial charge in [-0.25, -0.2) is 0 Å². The van der Waals surface area contributed by atoms with Crippen LogP contribution < -0.4 is 10.6 Å². The molecule has 3 aliphatic rings. The smallest absolute Gasteiger partial charge is 0.255 e. The Hall–Kier alpha value is -4.33. The molecule has 0 aliphatic carbocycles. The summed E-state index contributed by atoms with van der Waals surface area (Å²) in [6.45, 7) is 7.14. The fraction of sp³-hybridized carbons (Fsp3) is 0.410. The zero-order valence-electron chi connectivity index (χ0n) is 30.0. The number of imide groups is 1. The van der Waals surface area contributed by atoms with Gasteiger partial charge in [0, 0.05) is 51.0 Å². The Labute approximate surface area is 322 Å². The molecular formula is C39H42ClN7O4S2. The van der Waals surface area contributed by atoms with Gasteiger partial charge >= 0.3 is 0 Å². The van der Waals surface area contributed by atoms with Crippen LogP contribution >= 0.6 is 34.7 Å². The predicted octanol–water partition coefficient (Wildman–Crippen LogP) is 6.81. The van der Waals surface area contributed by atoms with Gasteiger partial charge in [0.25, 0.3) is 5.91 Å². The topological polar surface area (TPSA) is 139 Å². The third-order valence-corrected chi connectivity index (χ3v) is 12.8. The van der Waals surface area contributed by atoms with Crippen molar-refractivity contribution in [2.75, 3.05) is 12.3 Å². The molecule has 0 spiro atoms. The van der Waals surface area contributed by atoms with Gasteiger partial charge in [-0.2, -0.15) is 0 Å². The molecule has 2 aromatic carbocycles. The number of rotatable bonds is 13. The van der Waals surface area contributed by atoms with Crippen molar-refractivity contribution in [2.24, 2.45) is 4.99 Å². The first-order chi connectivity index (χ1) is 25.6. The first-order valence-electron chi connectivity index (χ1n) is 18.1. The molecule has 1 fully saturated rings. The number of nitrogens with zero attached hydrogens (tertiary/aromatic N) is 5. The van der Waals surface area contributed by atoms with E-state index in [-0.39, 0.29) is 30.6 Å². The quantitative estimate of drug-likeness (QED) is 0.0866.